The molecule has 1 N–H and O–H groups in total. The Hall–Kier alpha value is -2.71. The first-order chi connectivity index (χ1) is 7.90. The molecule has 0 atom stereocenters. The zero-order chi connectivity index (χ0) is 13.2. The van der Waals surface area contributed by atoms with E-state index < -0.39 is 38.5 Å². The van der Waals surface area contributed by atoms with Crippen LogP contribution in [0.2, 0.25) is 0 Å². The maximum absolute atomic E-state index is 11.1. The van der Waals surface area contributed by atoms with Gasteiger partial charge in [0.05, 0.1) is 12.0 Å². The Balaban J connectivity index is 3.57. The molecule has 9 nitrogen and oxygen atoms in total. The molecule has 0 aliphatic carbocycles. The van der Waals surface area contributed by atoms with Crippen molar-refractivity contribution in [2.75, 3.05) is 7.11 Å². The zero-order valence-corrected chi connectivity index (χ0v) is 8.45. The van der Waals surface area contributed by atoms with Crippen LogP contribution in [0.5, 0.6) is 11.5 Å². The van der Waals surface area contributed by atoms with Crippen LogP contribution in [0.25, 0.3) is 0 Å². The first kappa shape index (κ1) is 12.4. The van der Waals surface area contributed by atoms with E-state index in [2.05, 4.69) is 4.74 Å². The van der Waals surface area contributed by atoms with Crippen molar-refractivity contribution in [3.8, 4) is 11.5 Å². The third kappa shape index (κ3) is 2.12. The molecule has 0 saturated carbocycles. The van der Waals surface area contributed by atoms with Crippen LogP contribution < -0.4 is 4.74 Å². The van der Waals surface area contributed by atoms with Crippen LogP contribution in [0.15, 0.2) is 12.1 Å². The Morgan fingerprint density at radius 3 is 2.35 bits per heavy atom. The SMILES string of the molecule is COc1c(O)ccc(C(=O)[N+](=O)[O-])c1[N+](=O)[O-]. The first-order valence-corrected chi connectivity index (χ1v) is 4.13. The predicted molar refractivity (Wildman–Crippen MR) is 52.6 cm³/mol. The molecule has 9 heteroatoms. The molecule has 1 aromatic rings. The third-order valence-corrected chi connectivity index (χ3v) is 1.89. The summed E-state index contributed by atoms with van der Waals surface area (Å²) < 4.78 is 4.54. The van der Waals surface area contributed by atoms with E-state index in [-0.39, 0.29) is 0 Å². The molecule has 0 spiro atoms. The number of methoxy groups -OCH3 is 1. The van der Waals surface area contributed by atoms with Crippen molar-refractivity contribution in [1.82, 2.24) is 0 Å². The maximum atomic E-state index is 11.1. The standard InChI is InChI=1S/C8H6N2O7/c1-17-7-5(11)3-2-4(6(7)9(13)14)8(12)10(15)16/h2-3,11H,1H3. The summed E-state index contributed by atoms with van der Waals surface area (Å²) in [5, 5.41) is 30.3. The number of carbonyl (C=O) groups is 1. The number of nitro groups is 2. The molecule has 0 heterocycles. The summed E-state index contributed by atoms with van der Waals surface area (Å²) >= 11 is 0. The maximum Gasteiger partial charge on any atom is 0.483 e. The molecule has 90 valence electrons. The largest absolute Gasteiger partial charge is 0.504 e. The number of ether oxygens (including phenoxy) is 1. The smallest absolute Gasteiger partial charge is 0.483 e. The van der Waals surface area contributed by atoms with Gasteiger partial charge >= 0.3 is 11.6 Å². The molecule has 0 unspecified atom stereocenters. The lowest BCUT2D eigenvalue weighted by atomic mass is 10.1. The molecule has 0 aromatic heterocycles. The zero-order valence-electron chi connectivity index (χ0n) is 8.45. The highest BCUT2D eigenvalue weighted by Crippen LogP contribution is 2.38. The fraction of sp³-hybridized carbons (Fsp3) is 0.125. The number of hydrogen-bond acceptors (Lipinski definition) is 7. The molecule has 1 aromatic carbocycles. The molecule has 1 amide bonds. The van der Waals surface area contributed by atoms with Crippen molar-refractivity contribution in [2.45, 2.75) is 0 Å². The van der Waals surface area contributed by atoms with E-state index in [0.29, 0.717) is 0 Å². The Labute approximate surface area is 93.5 Å². The molecule has 0 bridgehead atoms. The Kier molecular flexibility index (Phi) is 3.22. The van der Waals surface area contributed by atoms with Crippen molar-refractivity contribution >= 4 is 11.6 Å². The molecule has 1 rings (SSSR count). The third-order valence-electron chi connectivity index (χ3n) is 1.89. The molecule has 0 fully saturated rings. The van der Waals surface area contributed by atoms with Gasteiger partial charge in [0.25, 0.3) is 0 Å². The molecule has 0 radical (unpaired) electrons. The topological polar surface area (TPSA) is 133 Å². The highest BCUT2D eigenvalue weighted by Gasteiger charge is 2.34. The highest BCUT2D eigenvalue weighted by atomic mass is 16.6. The van der Waals surface area contributed by atoms with Gasteiger partial charge in [-0.2, -0.15) is 0 Å². The normalized spacial score (nSPS) is 9.71. The van der Waals surface area contributed by atoms with E-state index in [0.717, 1.165) is 19.2 Å². The molecule has 17 heavy (non-hydrogen) atoms. The van der Waals surface area contributed by atoms with Gasteiger partial charge in [-0.3, -0.25) is 20.2 Å². The highest BCUT2D eigenvalue weighted by molar-refractivity contribution is 5.94. The number of phenolic OH excluding ortho intramolecular Hbond substituents is 1. The fourth-order valence-corrected chi connectivity index (χ4v) is 1.21. The Bertz CT molecular complexity index is 511. The quantitative estimate of drug-likeness (QED) is 0.609. The van der Waals surface area contributed by atoms with Gasteiger partial charge in [0.1, 0.15) is 4.92 Å². The number of nitrogens with zero attached hydrogens (tertiary/aromatic N) is 2. The molecular formula is C8H6N2O7. The number of aromatic hydroxyl groups is 1. The molecule has 0 saturated heterocycles. The average molecular weight is 242 g/mol. The van der Waals surface area contributed by atoms with Crippen molar-refractivity contribution in [3.05, 3.63) is 37.9 Å². The molecule has 0 aliphatic rings. The number of carbonyl (C=O) groups excluding carboxylic acids is 1. The van der Waals surface area contributed by atoms with Crippen LogP contribution in [0, 0.1) is 20.2 Å². The lowest BCUT2D eigenvalue weighted by Crippen LogP contribution is -2.14. The minimum Gasteiger partial charge on any atom is -0.504 e. The van der Waals surface area contributed by atoms with Gasteiger partial charge in [-0.05, 0) is 12.1 Å². The average Bonchev–Trinajstić information content (AvgIpc) is 2.27. The van der Waals surface area contributed by atoms with Crippen LogP contribution in [0.4, 0.5) is 5.69 Å². The van der Waals surface area contributed by atoms with Gasteiger partial charge in [0, 0.05) is 0 Å². The number of hydrogen-bond donors (Lipinski definition) is 1. The summed E-state index contributed by atoms with van der Waals surface area (Å²) in [5.74, 6) is -2.82. The second-order valence-electron chi connectivity index (χ2n) is 2.83. The lowest BCUT2D eigenvalue weighted by molar-refractivity contribution is -0.392. The first-order valence-electron chi connectivity index (χ1n) is 4.13. The Morgan fingerprint density at radius 2 is 1.94 bits per heavy atom. The monoisotopic (exact) mass is 242 g/mol. The van der Waals surface area contributed by atoms with Gasteiger partial charge in [-0.1, -0.05) is 0 Å². The number of benzene rings is 1. The number of rotatable bonds is 3. The van der Waals surface area contributed by atoms with Crippen molar-refractivity contribution in [2.24, 2.45) is 0 Å². The van der Waals surface area contributed by atoms with E-state index in [9.17, 15) is 30.1 Å². The summed E-state index contributed by atoms with van der Waals surface area (Å²) in [6.45, 7) is 0. The second-order valence-corrected chi connectivity index (χ2v) is 2.83. The number of nitro benzene ring substituents is 1. The van der Waals surface area contributed by atoms with Crippen molar-refractivity contribution in [3.63, 3.8) is 0 Å². The molecule has 0 aliphatic heterocycles. The van der Waals surface area contributed by atoms with Crippen LogP contribution in [-0.2, 0) is 0 Å². The summed E-state index contributed by atoms with van der Waals surface area (Å²) in [6, 6.07) is 1.70. The predicted octanol–water partition coefficient (Wildman–Crippen LogP) is 0.726. The van der Waals surface area contributed by atoms with E-state index in [1.807, 2.05) is 0 Å². The summed E-state index contributed by atoms with van der Waals surface area (Å²) in [6.07, 6.45) is 0. The van der Waals surface area contributed by atoms with E-state index in [4.69, 9.17) is 0 Å². The van der Waals surface area contributed by atoms with Gasteiger partial charge in [0.15, 0.2) is 11.3 Å². The van der Waals surface area contributed by atoms with Crippen molar-refractivity contribution in [1.29, 1.82) is 0 Å². The minimum atomic E-state index is -1.64. The van der Waals surface area contributed by atoms with Gasteiger partial charge < -0.3 is 9.84 Å². The summed E-state index contributed by atoms with van der Waals surface area (Å²) in [7, 11) is 1.03. The summed E-state index contributed by atoms with van der Waals surface area (Å²) in [5.41, 5.74) is -1.69. The van der Waals surface area contributed by atoms with Crippen molar-refractivity contribution < 1.29 is 24.5 Å². The van der Waals surface area contributed by atoms with Crippen LogP contribution in [0.1, 0.15) is 10.4 Å². The number of phenols is 1. The van der Waals surface area contributed by atoms with Gasteiger partial charge in [-0.25, -0.2) is 4.79 Å². The van der Waals surface area contributed by atoms with Crippen LogP contribution in [-0.4, -0.2) is 28.0 Å². The van der Waals surface area contributed by atoms with Gasteiger partial charge in [0.2, 0.25) is 5.75 Å². The van der Waals surface area contributed by atoms with E-state index >= 15 is 0 Å². The van der Waals surface area contributed by atoms with Crippen LogP contribution >= 0.6 is 0 Å². The Morgan fingerprint density at radius 1 is 1.35 bits per heavy atom. The minimum absolute atomic E-state index is 0.584. The fourth-order valence-electron chi connectivity index (χ4n) is 1.21. The van der Waals surface area contributed by atoms with E-state index in [1.165, 1.54) is 0 Å². The second kappa shape index (κ2) is 4.43. The van der Waals surface area contributed by atoms with Crippen LogP contribution in [0.3, 0.4) is 0 Å². The molecular weight excluding hydrogens is 236 g/mol. The van der Waals surface area contributed by atoms with Gasteiger partial charge in [-0.15, -0.1) is 0 Å². The summed E-state index contributed by atoms with van der Waals surface area (Å²) in [4.78, 5) is 29.8. The number of amides is 1. The lowest BCUT2D eigenvalue weighted by Gasteiger charge is -2.05. The van der Waals surface area contributed by atoms with E-state index in [1.54, 1.807) is 0 Å².